The molecule has 1 saturated heterocycles. The van der Waals surface area contributed by atoms with E-state index >= 15 is 0 Å². The summed E-state index contributed by atoms with van der Waals surface area (Å²) in [7, 11) is 0. The molecule has 2 nitrogen and oxygen atoms in total. The minimum Gasteiger partial charge on any atom is -0.381 e. The van der Waals surface area contributed by atoms with Gasteiger partial charge < -0.3 is 10.1 Å². The lowest BCUT2D eigenvalue weighted by atomic mass is 9.73. The van der Waals surface area contributed by atoms with E-state index in [0.29, 0.717) is 6.04 Å². The van der Waals surface area contributed by atoms with Gasteiger partial charge in [0, 0.05) is 19.3 Å². The molecule has 1 fully saturated rings. The lowest BCUT2D eigenvalue weighted by Gasteiger charge is -2.34. The van der Waals surface area contributed by atoms with Crippen LogP contribution in [-0.4, -0.2) is 25.8 Å². The smallest absolute Gasteiger partial charge is 0.0495 e. The van der Waals surface area contributed by atoms with Crippen LogP contribution in [0.3, 0.4) is 0 Å². The largest absolute Gasteiger partial charge is 0.381 e. The minimum atomic E-state index is 0.662. The second kappa shape index (κ2) is 6.06. The van der Waals surface area contributed by atoms with Gasteiger partial charge in [0.05, 0.1) is 0 Å². The van der Waals surface area contributed by atoms with E-state index in [2.05, 4.69) is 36.5 Å². The lowest BCUT2D eigenvalue weighted by molar-refractivity contribution is 0.180. The van der Waals surface area contributed by atoms with Gasteiger partial charge in [-0.25, -0.2) is 0 Å². The Morgan fingerprint density at radius 2 is 2.21 bits per heavy atom. The zero-order valence-electron chi connectivity index (χ0n) is 11.9. The molecule has 1 aromatic rings. The molecule has 1 aliphatic heterocycles. The predicted molar refractivity (Wildman–Crippen MR) is 78.5 cm³/mol. The first-order chi connectivity index (χ1) is 9.36. The molecule has 0 bridgehead atoms. The van der Waals surface area contributed by atoms with Gasteiger partial charge in [-0.2, -0.15) is 0 Å². The van der Waals surface area contributed by atoms with Gasteiger partial charge in [0.1, 0.15) is 0 Å². The quantitative estimate of drug-likeness (QED) is 0.847. The first kappa shape index (κ1) is 13.1. The van der Waals surface area contributed by atoms with E-state index < -0.39 is 0 Å². The Kier molecular flexibility index (Phi) is 4.19. The third-order valence-electron chi connectivity index (χ3n) is 4.66. The summed E-state index contributed by atoms with van der Waals surface area (Å²) in [4.78, 5) is 0. The van der Waals surface area contributed by atoms with Crippen LogP contribution >= 0.6 is 0 Å². The van der Waals surface area contributed by atoms with Crippen molar-refractivity contribution < 1.29 is 4.74 Å². The number of rotatable bonds is 6. The molecule has 19 heavy (non-hydrogen) atoms. The molecule has 1 N–H and O–H groups in total. The van der Waals surface area contributed by atoms with Gasteiger partial charge in [-0.05, 0) is 55.2 Å². The Morgan fingerprint density at radius 1 is 1.32 bits per heavy atom. The summed E-state index contributed by atoms with van der Waals surface area (Å²) in [5, 5.41) is 3.68. The number of fused-ring (bicyclic) bond motifs is 1. The molecule has 1 aliphatic carbocycles. The van der Waals surface area contributed by atoms with Gasteiger partial charge in [-0.1, -0.05) is 31.2 Å². The van der Waals surface area contributed by atoms with Gasteiger partial charge in [0.2, 0.25) is 0 Å². The number of nitrogens with one attached hydrogen (secondary N) is 1. The highest BCUT2D eigenvalue weighted by Crippen LogP contribution is 2.38. The van der Waals surface area contributed by atoms with Crippen molar-refractivity contribution in [3.8, 4) is 0 Å². The fraction of sp³-hybridized carbons (Fsp3) is 0.647. The normalized spacial score (nSPS) is 26.8. The Balaban J connectivity index is 1.56. The maximum Gasteiger partial charge on any atom is 0.0495 e. The van der Waals surface area contributed by atoms with Crippen LogP contribution < -0.4 is 5.32 Å². The Bertz CT molecular complexity index is 411. The molecule has 0 saturated carbocycles. The molecular formula is C17H25NO. The monoisotopic (exact) mass is 259 g/mol. The van der Waals surface area contributed by atoms with Crippen molar-refractivity contribution in [2.24, 2.45) is 5.92 Å². The highest BCUT2D eigenvalue weighted by Gasteiger charge is 2.29. The van der Waals surface area contributed by atoms with Crippen molar-refractivity contribution >= 4 is 0 Å². The molecule has 0 amide bonds. The van der Waals surface area contributed by atoms with Crippen LogP contribution in [0.1, 0.15) is 43.2 Å². The number of ether oxygens (including phenoxy) is 1. The fourth-order valence-corrected chi connectivity index (χ4v) is 3.64. The average Bonchev–Trinajstić information content (AvgIpc) is 2.89. The zero-order valence-corrected chi connectivity index (χ0v) is 11.9. The Labute approximate surface area is 116 Å². The van der Waals surface area contributed by atoms with Crippen LogP contribution in [0.15, 0.2) is 24.3 Å². The van der Waals surface area contributed by atoms with Crippen molar-refractivity contribution in [1.29, 1.82) is 0 Å². The van der Waals surface area contributed by atoms with Crippen LogP contribution in [0.25, 0.3) is 0 Å². The zero-order chi connectivity index (χ0) is 13.1. The van der Waals surface area contributed by atoms with Crippen LogP contribution in [0, 0.1) is 5.92 Å². The fourth-order valence-electron chi connectivity index (χ4n) is 3.64. The third-order valence-corrected chi connectivity index (χ3v) is 4.66. The van der Waals surface area contributed by atoms with E-state index in [4.69, 9.17) is 4.74 Å². The Morgan fingerprint density at radius 3 is 2.95 bits per heavy atom. The summed E-state index contributed by atoms with van der Waals surface area (Å²) in [6.45, 7) is 5.23. The Hall–Kier alpha value is -0.860. The minimum absolute atomic E-state index is 0.662. The summed E-state index contributed by atoms with van der Waals surface area (Å²) in [5.41, 5.74) is 3.15. The van der Waals surface area contributed by atoms with E-state index in [1.807, 2.05) is 0 Å². The van der Waals surface area contributed by atoms with Crippen LogP contribution in [0.4, 0.5) is 0 Å². The molecular weight excluding hydrogens is 234 g/mol. The maximum atomic E-state index is 5.51. The van der Waals surface area contributed by atoms with E-state index in [1.54, 1.807) is 11.1 Å². The van der Waals surface area contributed by atoms with E-state index in [9.17, 15) is 0 Å². The summed E-state index contributed by atoms with van der Waals surface area (Å²) in [6, 6.07) is 9.59. The maximum absolute atomic E-state index is 5.51. The van der Waals surface area contributed by atoms with E-state index in [0.717, 1.165) is 31.6 Å². The van der Waals surface area contributed by atoms with Gasteiger partial charge in [0.25, 0.3) is 0 Å². The molecule has 1 aromatic carbocycles. The first-order valence-electron chi connectivity index (χ1n) is 7.75. The van der Waals surface area contributed by atoms with Crippen LogP contribution in [-0.2, 0) is 11.2 Å². The van der Waals surface area contributed by atoms with Crippen LogP contribution in [0.2, 0.25) is 0 Å². The van der Waals surface area contributed by atoms with Crippen LogP contribution in [0.5, 0.6) is 0 Å². The van der Waals surface area contributed by atoms with Crippen molar-refractivity contribution in [2.45, 2.75) is 44.6 Å². The third kappa shape index (κ3) is 3.01. The van der Waals surface area contributed by atoms with Crippen molar-refractivity contribution in [1.82, 2.24) is 5.32 Å². The number of benzene rings is 1. The second-order valence-electron chi connectivity index (χ2n) is 6.06. The SMILES string of the molecule is CCNC(CC1CCOC1)CC1Cc2ccccc21. The molecule has 2 aliphatic rings. The highest BCUT2D eigenvalue weighted by atomic mass is 16.5. The number of hydrogen-bond acceptors (Lipinski definition) is 2. The molecule has 104 valence electrons. The predicted octanol–water partition coefficient (Wildman–Crippen LogP) is 3.12. The van der Waals surface area contributed by atoms with Crippen molar-refractivity contribution in [3.05, 3.63) is 35.4 Å². The summed E-state index contributed by atoms with van der Waals surface area (Å²) < 4.78 is 5.51. The number of hydrogen-bond donors (Lipinski definition) is 1. The first-order valence-corrected chi connectivity index (χ1v) is 7.75. The molecule has 0 aromatic heterocycles. The van der Waals surface area contributed by atoms with Crippen molar-refractivity contribution in [2.75, 3.05) is 19.8 Å². The molecule has 0 spiro atoms. The average molecular weight is 259 g/mol. The second-order valence-corrected chi connectivity index (χ2v) is 6.06. The van der Waals surface area contributed by atoms with Gasteiger partial charge in [-0.15, -0.1) is 0 Å². The van der Waals surface area contributed by atoms with E-state index in [-0.39, 0.29) is 0 Å². The summed E-state index contributed by atoms with van der Waals surface area (Å²) >= 11 is 0. The van der Waals surface area contributed by atoms with Gasteiger partial charge in [-0.3, -0.25) is 0 Å². The van der Waals surface area contributed by atoms with Crippen molar-refractivity contribution in [3.63, 3.8) is 0 Å². The topological polar surface area (TPSA) is 21.3 Å². The summed E-state index contributed by atoms with van der Waals surface area (Å²) in [6.07, 6.45) is 5.11. The van der Waals surface area contributed by atoms with E-state index in [1.165, 1.54) is 25.7 Å². The summed E-state index contributed by atoms with van der Waals surface area (Å²) in [5.74, 6) is 1.56. The molecule has 3 unspecified atom stereocenters. The molecule has 3 atom stereocenters. The molecule has 2 heteroatoms. The van der Waals surface area contributed by atoms with Gasteiger partial charge in [0.15, 0.2) is 0 Å². The highest BCUT2D eigenvalue weighted by molar-refractivity contribution is 5.39. The molecule has 3 rings (SSSR count). The molecule has 0 radical (unpaired) electrons. The van der Waals surface area contributed by atoms with Gasteiger partial charge >= 0.3 is 0 Å². The lowest BCUT2D eigenvalue weighted by Crippen LogP contribution is -2.35. The molecule has 1 heterocycles. The standard InChI is InChI=1S/C17H25NO/c1-2-18-16(9-13-7-8-19-12-13)11-15-10-14-5-3-4-6-17(14)15/h3-6,13,15-16,18H,2,7-12H2,1H3.